The van der Waals surface area contributed by atoms with E-state index in [-0.39, 0.29) is 17.7 Å². The lowest BCUT2D eigenvalue weighted by molar-refractivity contribution is -0.384. The lowest BCUT2D eigenvalue weighted by Crippen LogP contribution is -2.31. The van der Waals surface area contributed by atoms with Crippen molar-refractivity contribution in [1.82, 2.24) is 4.57 Å². The van der Waals surface area contributed by atoms with Crippen molar-refractivity contribution in [2.45, 2.75) is 12.5 Å². The van der Waals surface area contributed by atoms with E-state index in [9.17, 15) is 19.7 Å². The van der Waals surface area contributed by atoms with Crippen LogP contribution in [0.2, 0.25) is 10.0 Å². The van der Waals surface area contributed by atoms with Crippen LogP contribution in [0, 0.1) is 10.1 Å². The van der Waals surface area contributed by atoms with Crippen molar-refractivity contribution in [2.75, 3.05) is 7.11 Å². The molecule has 0 aliphatic carbocycles. The van der Waals surface area contributed by atoms with Gasteiger partial charge in [-0.3, -0.25) is 14.9 Å². The van der Waals surface area contributed by atoms with E-state index in [4.69, 9.17) is 27.9 Å². The fourth-order valence-electron chi connectivity index (χ4n) is 3.09. The molecule has 1 atom stereocenters. The van der Waals surface area contributed by atoms with Crippen molar-refractivity contribution >= 4 is 34.9 Å². The zero-order chi connectivity index (χ0) is 21.8. The summed E-state index contributed by atoms with van der Waals surface area (Å²) in [6.45, 7) is 0. The number of nitrogens with zero attached hydrogens (tertiary/aromatic N) is 2. The SMILES string of the molecule is COC(=O)C(Cc1ccc(Cl)cc1)n1ccc(-c2cc(Cl)ccc2[N+](=O)[O-])cc1=O. The number of hydrogen-bond donors (Lipinski definition) is 0. The fourth-order valence-corrected chi connectivity index (χ4v) is 3.39. The summed E-state index contributed by atoms with van der Waals surface area (Å²) < 4.78 is 6.10. The van der Waals surface area contributed by atoms with Crippen molar-refractivity contribution in [1.29, 1.82) is 0 Å². The molecule has 154 valence electrons. The van der Waals surface area contributed by atoms with E-state index in [1.807, 2.05) is 0 Å². The zero-order valence-corrected chi connectivity index (χ0v) is 17.3. The number of nitro groups is 1. The molecule has 0 saturated heterocycles. The van der Waals surface area contributed by atoms with Gasteiger partial charge in [-0.05, 0) is 41.5 Å². The molecule has 0 N–H and O–H groups in total. The number of nitro benzene ring substituents is 1. The average Bonchev–Trinajstić information content (AvgIpc) is 2.72. The topological polar surface area (TPSA) is 91.4 Å². The van der Waals surface area contributed by atoms with Crippen LogP contribution < -0.4 is 5.56 Å². The number of halogens is 2. The van der Waals surface area contributed by atoms with Crippen LogP contribution >= 0.6 is 23.2 Å². The van der Waals surface area contributed by atoms with E-state index in [1.165, 1.54) is 48.2 Å². The highest BCUT2D eigenvalue weighted by molar-refractivity contribution is 6.31. The maximum atomic E-state index is 12.8. The van der Waals surface area contributed by atoms with Gasteiger partial charge in [0.15, 0.2) is 0 Å². The number of esters is 1. The molecule has 0 bridgehead atoms. The molecule has 30 heavy (non-hydrogen) atoms. The van der Waals surface area contributed by atoms with Gasteiger partial charge in [0.25, 0.3) is 11.2 Å². The largest absolute Gasteiger partial charge is 0.467 e. The van der Waals surface area contributed by atoms with Crippen LogP contribution in [0.4, 0.5) is 5.69 Å². The van der Waals surface area contributed by atoms with Crippen LogP contribution in [0.15, 0.2) is 65.6 Å². The summed E-state index contributed by atoms with van der Waals surface area (Å²) in [7, 11) is 1.24. The van der Waals surface area contributed by atoms with Crippen molar-refractivity contribution < 1.29 is 14.5 Å². The Balaban J connectivity index is 2.03. The summed E-state index contributed by atoms with van der Waals surface area (Å²) in [6.07, 6.45) is 1.63. The van der Waals surface area contributed by atoms with E-state index in [2.05, 4.69) is 0 Å². The van der Waals surface area contributed by atoms with Crippen molar-refractivity contribution in [3.63, 3.8) is 0 Å². The van der Waals surface area contributed by atoms with Gasteiger partial charge in [-0.25, -0.2) is 4.79 Å². The number of benzene rings is 2. The number of pyridine rings is 1. The first-order chi connectivity index (χ1) is 14.3. The van der Waals surface area contributed by atoms with Crippen molar-refractivity contribution in [3.05, 3.63) is 96.9 Å². The van der Waals surface area contributed by atoms with Crippen molar-refractivity contribution in [2.24, 2.45) is 0 Å². The highest BCUT2D eigenvalue weighted by Gasteiger charge is 2.24. The number of carbonyl (C=O) groups excluding carboxylic acids is 1. The highest BCUT2D eigenvalue weighted by Crippen LogP contribution is 2.32. The quantitative estimate of drug-likeness (QED) is 0.311. The Labute approximate surface area is 181 Å². The molecular formula is C21H16Cl2N2O5. The summed E-state index contributed by atoms with van der Waals surface area (Å²) in [4.78, 5) is 36.0. The summed E-state index contributed by atoms with van der Waals surface area (Å²) in [6, 6.07) is 12.8. The Hall–Kier alpha value is -3.16. The molecule has 3 aromatic rings. The molecule has 0 amide bonds. The third-order valence-electron chi connectivity index (χ3n) is 4.57. The molecule has 0 spiro atoms. The second-order valence-electron chi connectivity index (χ2n) is 6.45. The van der Waals surface area contributed by atoms with Crippen LogP contribution in [-0.2, 0) is 16.0 Å². The molecule has 1 unspecified atom stereocenters. The molecule has 0 radical (unpaired) electrons. The number of rotatable bonds is 6. The van der Waals surface area contributed by atoms with Crippen molar-refractivity contribution in [3.8, 4) is 11.1 Å². The molecule has 0 aliphatic rings. The Morgan fingerprint density at radius 1 is 1.10 bits per heavy atom. The van der Waals surface area contributed by atoms with E-state index in [1.54, 1.807) is 24.3 Å². The molecular weight excluding hydrogens is 431 g/mol. The van der Waals surface area contributed by atoms with Gasteiger partial charge >= 0.3 is 5.97 Å². The number of ether oxygens (including phenoxy) is 1. The minimum Gasteiger partial charge on any atom is -0.467 e. The highest BCUT2D eigenvalue weighted by atomic mass is 35.5. The molecule has 0 saturated carbocycles. The van der Waals surface area contributed by atoms with Gasteiger partial charge < -0.3 is 9.30 Å². The second kappa shape index (κ2) is 9.11. The van der Waals surface area contributed by atoms with Crippen LogP contribution in [0.25, 0.3) is 11.1 Å². The first kappa shape index (κ1) is 21.5. The predicted octanol–water partition coefficient (Wildman–Crippen LogP) is 4.69. The molecule has 1 heterocycles. The van der Waals surface area contributed by atoms with E-state index >= 15 is 0 Å². The Morgan fingerprint density at radius 2 is 1.77 bits per heavy atom. The first-order valence-corrected chi connectivity index (χ1v) is 9.54. The monoisotopic (exact) mass is 446 g/mol. The summed E-state index contributed by atoms with van der Waals surface area (Å²) in [5.41, 5.74) is 0.634. The Kier molecular flexibility index (Phi) is 6.54. The lowest BCUT2D eigenvalue weighted by Gasteiger charge is -2.18. The molecule has 2 aromatic carbocycles. The third-order valence-corrected chi connectivity index (χ3v) is 5.05. The van der Waals surface area contributed by atoms with Gasteiger partial charge in [0.05, 0.1) is 17.6 Å². The maximum absolute atomic E-state index is 12.8. The minimum atomic E-state index is -0.910. The van der Waals surface area contributed by atoms with Gasteiger partial charge in [-0.2, -0.15) is 0 Å². The van der Waals surface area contributed by atoms with Crippen LogP contribution in [0.3, 0.4) is 0 Å². The fraction of sp³-hybridized carbons (Fsp3) is 0.143. The summed E-state index contributed by atoms with van der Waals surface area (Å²) >= 11 is 11.9. The van der Waals surface area contributed by atoms with Gasteiger partial charge in [-0.1, -0.05) is 35.3 Å². The van der Waals surface area contributed by atoms with Crippen LogP contribution in [0.1, 0.15) is 11.6 Å². The molecule has 3 rings (SSSR count). The van der Waals surface area contributed by atoms with Gasteiger partial charge in [0, 0.05) is 34.8 Å². The lowest BCUT2D eigenvalue weighted by atomic mass is 10.0. The average molecular weight is 447 g/mol. The number of hydrogen-bond acceptors (Lipinski definition) is 5. The molecule has 0 fully saturated rings. The Bertz CT molecular complexity index is 1160. The molecule has 9 heteroatoms. The first-order valence-electron chi connectivity index (χ1n) is 8.79. The molecule has 1 aromatic heterocycles. The molecule has 0 aliphatic heterocycles. The van der Waals surface area contributed by atoms with Gasteiger partial charge in [-0.15, -0.1) is 0 Å². The number of methoxy groups -OCH3 is 1. The summed E-state index contributed by atoms with van der Waals surface area (Å²) in [5, 5.41) is 12.2. The smallest absolute Gasteiger partial charge is 0.329 e. The zero-order valence-electron chi connectivity index (χ0n) is 15.7. The Morgan fingerprint density at radius 3 is 2.37 bits per heavy atom. The van der Waals surface area contributed by atoms with Crippen LogP contribution in [-0.4, -0.2) is 22.6 Å². The van der Waals surface area contributed by atoms with Gasteiger partial charge in [0.1, 0.15) is 6.04 Å². The van der Waals surface area contributed by atoms with Crippen LogP contribution in [0.5, 0.6) is 0 Å². The third kappa shape index (κ3) is 4.69. The maximum Gasteiger partial charge on any atom is 0.329 e. The normalized spacial score (nSPS) is 11.7. The summed E-state index contributed by atoms with van der Waals surface area (Å²) in [5.74, 6) is -0.589. The minimum absolute atomic E-state index is 0.178. The number of aromatic nitrogens is 1. The second-order valence-corrected chi connectivity index (χ2v) is 7.32. The molecule has 7 nitrogen and oxygen atoms in total. The van der Waals surface area contributed by atoms with E-state index < -0.39 is 22.5 Å². The number of carbonyl (C=O) groups is 1. The van der Waals surface area contributed by atoms with E-state index in [0.29, 0.717) is 15.6 Å². The predicted molar refractivity (Wildman–Crippen MR) is 114 cm³/mol. The van der Waals surface area contributed by atoms with Gasteiger partial charge in [0.2, 0.25) is 0 Å². The standard InChI is InChI=1S/C21H16Cl2N2O5/c1-30-21(27)19(10-13-2-4-15(22)5-3-13)24-9-8-14(11-20(24)26)17-12-16(23)6-7-18(17)25(28)29/h2-9,11-12,19H,10H2,1H3. The van der Waals surface area contributed by atoms with E-state index in [0.717, 1.165) is 5.56 Å².